The molecule has 2 heteroatoms. The lowest BCUT2D eigenvalue weighted by Gasteiger charge is -2.02. The number of hydrogen-bond acceptors (Lipinski definition) is 2. The lowest BCUT2D eigenvalue weighted by atomic mass is 10.0. The predicted octanol–water partition coefficient (Wildman–Crippen LogP) is 0.878. The lowest BCUT2D eigenvalue weighted by Crippen LogP contribution is -2.06. The van der Waals surface area contributed by atoms with Gasteiger partial charge in [-0.3, -0.25) is 4.79 Å². The highest BCUT2D eigenvalue weighted by Crippen LogP contribution is 2.30. The van der Waals surface area contributed by atoms with E-state index < -0.39 is 0 Å². The quantitative estimate of drug-likeness (QED) is 0.354. The Kier molecular flexibility index (Phi) is 0.891. The van der Waals surface area contributed by atoms with E-state index in [-0.39, 0.29) is 12.1 Å². The first-order valence-electron chi connectivity index (χ1n) is 3.22. The molecule has 0 spiro atoms. The summed E-state index contributed by atoms with van der Waals surface area (Å²) in [5, 5.41) is 0. The SMILES string of the molecule is O=C1CC2CC=CC2O1. The van der Waals surface area contributed by atoms with E-state index in [1.807, 2.05) is 6.08 Å². The second-order valence-electron chi connectivity index (χ2n) is 2.58. The number of carbonyl (C=O) groups excluding carboxylic acids is 1. The number of hydrogen-bond donors (Lipinski definition) is 0. The van der Waals surface area contributed by atoms with Crippen LogP contribution in [0.5, 0.6) is 0 Å². The molecule has 0 aromatic rings. The zero-order valence-corrected chi connectivity index (χ0v) is 5.04. The third-order valence-corrected chi connectivity index (χ3v) is 1.93. The third-order valence-electron chi connectivity index (χ3n) is 1.93. The minimum Gasteiger partial charge on any atom is -0.458 e. The monoisotopic (exact) mass is 124 g/mol. The van der Waals surface area contributed by atoms with Crippen LogP contribution < -0.4 is 0 Å². The van der Waals surface area contributed by atoms with E-state index in [1.54, 1.807) is 0 Å². The largest absolute Gasteiger partial charge is 0.458 e. The average Bonchev–Trinajstić information content (AvgIpc) is 2.22. The summed E-state index contributed by atoms with van der Waals surface area (Å²) in [5.74, 6) is 0.437. The zero-order valence-electron chi connectivity index (χ0n) is 5.04. The first-order chi connectivity index (χ1) is 4.36. The first kappa shape index (κ1) is 5.03. The van der Waals surface area contributed by atoms with Crippen molar-refractivity contribution in [2.75, 3.05) is 0 Å². The molecule has 2 unspecified atom stereocenters. The molecular weight excluding hydrogens is 116 g/mol. The maximum absolute atomic E-state index is 10.6. The molecule has 0 bridgehead atoms. The van der Waals surface area contributed by atoms with Crippen LogP contribution in [0.15, 0.2) is 12.2 Å². The van der Waals surface area contributed by atoms with E-state index in [9.17, 15) is 4.79 Å². The van der Waals surface area contributed by atoms with Crippen LogP contribution in [0.2, 0.25) is 0 Å². The first-order valence-corrected chi connectivity index (χ1v) is 3.22. The molecule has 0 aromatic heterocycles. The fourth-order valence-corrected chi connectivity index (χ4v) is 1.43. The maximum Gasteiger partial charge on any atom is 0.306 e. The number of fused-ring (bicyclic) bond motifs is 1. The van der Waals surface area contributed by atoms with Gasteiger partial charge in [0.15, 0.2) is 0 Å². The molecule has 9 heavy (non-hydrogen) atoms. The van der Waals surface area contributed by atoms with E-state index >= 15 is 0 Å². The van der Waals surface area contributed by atoms with Crippen molar-refractivity contribution in [3.63, 3.8) is 0 Å². The second kappa shape index (κ2) is 1.59. The zero-order chi connectivity index (χ0) is 6.27. The van der Waals surface area contributed by atoms with E-state index in [0.29, 0.717) is 12.3 Å². The average molecular weight is 124 g/mol. The van der Waals surface area contributed by atoms with Crippen LogP contribution in [0.4, 0.5) is 0 Å². The van der Waals surface area contributed by atoms with Crippen molar-refractivity contribution < 1.29 is 9.53 Å². The van der Waals surface area contributed by atoms with Gasteiger partial charge in [0.25, 0.3) is 0 Å². The van der Waals surface area contributed by atoms with Gasteiger partial charge < -0.3 is 4.74 Å². The third kappa shape index (κ3) is 0.661. The van der Waals surface area contributed by atoms with E-state index in [2.05, 4.69) is 6.08 Å². The Balaban J connectivity index is 2.17. The Bertz CT molecular complexity index is 172. The molecule has 2 aliphatic rings. The van der Waals surface area contributed by atoms with E-state index in [4.69, 9.17) is 4.74 Å². The van der Waals surface area contributed by atoms with Crippen molar-refractivity contribution in [1.29, 1.82) is 0 Å². The molecule has 1 aliphatic heterocycles. The van der Waals surface area contributed by atoms with Gasteiger partial charge in [-0.2, -0.15) is 0 Å². The van der Waals surface area contributed by atoms with Crippen LogP contribution in [0.3, 0.4) is 0 Å². The Hall–Kier alpha value is -0.790. The van der Waals surface area contributed by atoms with Crippen LogP contribution in [-0.4, -0.2) is 12.1 Å². The second-order valence-corrected chi connectivity index (χ2v) is 2.58. The molecule has 0 N–H and O–H groups in total. The highest BCUT2D eigenvalue weighted by molar-refractivity contribution is 5.72. The molecule has 1 fully saturated rings. The molecule has 0 amide bonds. The predicted molar refractivity (Wildman–Crippen MR) is 31.7 cm³/mol. The lowest BCUT2D eigenvalue weighted by molar-refractivity contribution is -0.140. The van der Waals surface area contributed by atoms with Crippen molar-refractivity contribution >= 4 is 5.97 Å². The standard InChI is InChI=1S/C7H8O2/c8-7-4-5-2-1-3-6(5)9-7/h1,3,5-6H,2,4H2. The molecule has 48 valence electrons. The van der Waals surface area contributed by atoms with Crippen LogP contribution in [0, 0.1) is 5.92 Å². The minimum atomic E-state index is -0.0330. The van der Waals surface area contributed by atoms with Gasteiger partial charge in [-0.25, -0.2) is 0 Å². The summed E-state index contributed by atoms with van der Waals surface area (Å²) >= 11 is 0. The van der Waals surface area contributed by atoms with Gasteiger partial charge in [0.2, 0.25) is 0 Å². The summed E-state index contributed by atoms with van der Waals surface area (Å²) in [7, 11) is 0. The molecule has 2 rings (SSSR count). The van der Waals surface area contributed by atoms with Crippen LogP contribution in [0.1, 0.15) is 12.8 Å². The van der Waals surface area contributed by atoms with Crippen molar-refractivity contribution in [2.24, 2.45) is 5.92 Å². The summed E-state index contributed by atoms with van der Waals surface area (Å²) in [4.78, 5) is 10.6. The normalized spacial score (nSPS) is 38.9. The number of ether oxygens (including phenoxy) is 1. The summed E-state index contributed by atoms with van der Waals surface area (Å²) < 4.78 is 4.96. The molecule has 2 atom stereocenters. The fourth-order valence-electron chi connectivity index (χ4n) is 1.43. The molecule has 0 aromatic carbocycles. The Labute approximate surface area is 53.5 Å². The molecule has 0 radical (unpaired) electrons. The van der Waals surface area contributed by atoms with Gasteiger partial charge in [0, 0.05) is 5.92 Å². The number of carbonyl (C=O) groups is 1. The van der Waals surface area contributed by atoms with Gasteiger partial charge in [0.1, 0.15) is 6.10 Å². The highest BCUT2D eigenvalue weighted by Gasteiger charge is 2.34. The Morgan fingerprint density at radius 3 is 3.33 bits per heavy atom. The van der Waals surface area contributed by atoms with Crippen molar-refractivity contribution in [2.45, 2.75) is 18.9 Å². The van der Waals surface area contributed by atoms with Crippen molar-refractivity contribution in [1.82, 2.24) is 0 Å². The molecule has 2 nitrogen and oxygen atoms in total. The molecule has 1 aliphatic carbocycles. The van der Waals surface area contributed by atoms with E-state index in [0.717, 1.165) is 6.42 Å². The molecule has 1 heterocycles. The number of rotatable bonds is 0. The minimum absolute atomic E-state index is 0.0330. The maximum atomic E-state index is 10.6. The van der Waals surface area contributed by atoms with Gasteiger partial charge >= 0.3 is 5.97 Å². The molecular formula is C7H8O2. The summed E-state index contributed by atoms with van der Waals surface area (Å²) in [5.41, 5.74) is 0. The Morgan fingerprint density at radius 1 is 1.67 bits per heavy atom. The summed E-state index contributed by atoms with van der Waals surface area (Å²) in [6, 6.07) is 0. The van der Waals surface area contributed by atoms with Gasteiger partial charge in [-0.05, 0) is 12.5 Å². The van der Waals surface area contributed by atoms with Gasteiger partial charge in [0.05, 0.1) is 6.42 Å². The van der Waals surface area contributed by atoms with Crippen LogP contribution in [-0.2, 0) is 9.53 Å². The molecule has 1 saturated heterocycles. The van der Waals surface area contributed by atoms with E-state index in [1.165, 1.54) is 0 Å². The Morgan fingerprint density at radius 2 is 2.56 bits per heavy atom. The van der Waals surface area contributed by atoms with Gasteiger partial charge in [-0.15, -0.1) is 0 Å². The number of allylic oxidation sites excluding steroid dienone is 1. The van der Waals surface area contributed by atoms with Crippen molar-refractivity contribution in [3.05, 3.63) is 12.2 Å². The van der Waals surface area contributed by atoms with Crippen LogP contribution in [0.25, 0.3) is 0 Å². The summed E-state index contributed by atoms with van der Waals surface area (Å²) in [6.07, 6.45) is 5.84. The van der Waals surface area contributed by atoms with Crippen molar-refractivity contribution in [3.8, 4) is 0 Å². The topological polar surface area (TPSA) is 26.3 Å². The number of esters is 1. The highest BCUT2D eigenvalue weighted by atomic mass is 16.5. The summed E-state index contributed by atoms with van der Waals surface area (Å²) in [6.45, 7) is 0. The smallest absolute Gasteiger partial charge is 0.306 e. The fraction of sp³-hybridized carbons (Fsp3) is 0.571. The molecule has 0 saturated carbocycles. The van der Waals surface area contributed by atoms with Gasteiger partial charge in [-0.1, -0.05) is 6.08 Å². The van der Waals surface area contributed by atoms with Crippen LogP contribution >= 0.6 is 0 Å².